The Balaban J connectivity index is 1.76. The zero-order chi connectivity index (χ0) is 15.0. The van der Waals surface area contributed by atoms with Crippen molar-refractivity contribution in [3.05, 3.63) is 24.0 Å². The van der Waals surface area contributed by atoms with Crippen molar-refractivity contribution in [2.24, 2.45) is 5.41 Å². The third kappa shape index (κ3) is 2.11. The molecule has 2 aliphatic rings. The normalized spacial score (nSPS) is 26.0. The zero-order valence-corrected chi connectivity index (χ0v) is 12.6. The lowest BCUT2D eigenvalue weighted by Crippen LogP contribution is -2.67. The Labute approximate surface area is 124 Å². The Kier molecular flexibility index (Phi) is 3.61. The molecule has 2 atom stereocenters. The van der Waals surface area contributed by atoms with Gasteiger partial charge in [-0.15, -0.1) is 0 Å². The Morgan fingerprint density at radius 2 is 2.33 bits per heavy atom. The van der Waals surface area contributed by atoms with E-state index in [1.54, 1.807) is 11.0 Å². The minimum absolute atomic E-state index is 0.0577. The van der Waals surface area contributed by atoms with Gasteiger partial charge in [0.05, 0.1) is 6.10 Å². The molecule has 0 bridgehead atoms. The molecule has 5 nitrogen and oxygen atoms in total. The summed E-state index contributed by atoms with van der Waals surface area (Å²) in [5.41, 5.74) is 0.263. The Morgan fingerprint density at radius 3 is 2.90 bits per heavy atom. The van der Waals surface area contributed by atoms with E-state index in [0.29, 0.717) is 0 Å². The van der Waals surface area contributed by atoms with Crippen molar-refractivity contribution < 1.29 is 14.6 Å². The van der Waals surface area contributed by atoms with Gasteiger partial charge in [-0.2, -0.15) is 0 Å². The van der Waals surface area contributed by atoms with Crippen LogP contribution in [0.2, 0.25) is 0 Å². The van der Waals surface area contributed by atoms with Crippen molar-refractivity contribution >= 4 is 5.91 Å². The molecule has 2 saturated carbocycles. The molecule has 1 spiro atoms. The van der Waals surface area contributed by atoms with E-state index in [0.717, 1.165) is 25.9 Å². The highest BCUT2D eigenvalue weighted by atomic mass is 16.5. The van der Waals surface area contributed by atoms with Crippen LogP contribution in [0.1, 0.15) is 43.1 Å². The van der Waals surface area contributed by atoms with E-state index < -0.39 is 0 Å². The molecule has 1 N–H and O–H groups in total. The van der Waals surface area contributed by atoms with Crippen LogP contribution in [0.3, 0.4) is 0 Å². The van der Waals surface area contributed by atoms with Gasteiger partial charge in [-0.3, -0.25) is 4.79 Å². The number of hydrogen-bond donors (Lipinski definition) is 1. The largest absolute Gasteiger partial charge is 0.505 e. The Bertz CT molecular complexity index is 542. The molecule has 0 saturated heterocycles. The fourth-order valence-corrected chi connectivity index (χ4v) is 3.82. The second-order valence-corrected chi connectivity index (χ2v) is 6.07. The molecular weight excluding hydrogens is 268 g/mol. The molecule has 21 heavy (non-hydrogen) atoms. The van der Waals surface area contributed by atoms with E-state index in [-0.39, 0.29) is 34.9 Å². The second-order valence-electron chi connectivity index (χ2n) is 6.07. The second kappa shape index (κ2) is 5.30. The van der Waals surface area contributed by atoms with Gasteiger partial charge < -0.3 is 14.7 Å². The SMILES string of the molecule is CCO[C@@H]1C[C@@H](N(C)C(=O)c2ncccc2O)C12CCC2. The molecule has 5 heteroatoms. The third-order valence-corrected chi connectivity index (χ3v) is 5.17. The smallest absolute Gasteiger partial charge is 0.276 e. The van der Waals surface area contributed by atoms with Crippen LogP contribution in [0.4, 0.5) is 0 Å². The van der Waals surface area contributed by atoms with Gasteiger partial charge in [-0.25, -0.2) is 4.98 Å². The van der Waals surface area contributed by atoms with Gasteiger partial charge in [0.1, 0.15) is 5.75 Å². The molecule has 1 aromatic rings. The quantitative estimate of drug-likeness (QED) is 0.923. The lowest BCUT2D eigenvalue weighted by atomic mass is 9.50. The number of nitrogens with zero attached hydrogens (tertiary/aromatic N) is 2. The number of aromatic hydroxyl groups is 1. The van der Waals surface area contributed by atoms with Crippen LogP contribution in [-0.4, -0.2) is 46.7 Å². The first-order chi connectivity index (χ1) is 10.1. The lowest BCUT2D eigenvalue weighted by Gasteiger charge is -2.63. The van der Waals surface area contributed by atoms with Crippen molar-refractivity contribution in [1.29, 1.82) is 0 Å². The van der Waals surface area contributed by atoms with E-state index in [2.05, 4.69) is 4.98 Å². The van der Waals surface area contributed by atoms with Crippen molar-refractivity contribution in [2.45, 2.75) is 44.8 Å². The average molecular weight is 290 g/mol. The van der Waals surface area contributed by atoms with Crippen molar-refractivity contribution in [2.75, 3.05) is 13.7 Å². The van der Waals surface area contributed by atoms with E-state index >= 15 is 0 Å². The van der Waals surface area contributed by atoms with Crippen LogP contribution < -0.4 is 0 Å². The molecule has 2 aliphatic carbocycles. The summed E-state index contributed by atoms with van der Waals surface area (Å²) in [4.78, 5) is 18.3. The summed E-state index contributed by atoms with van der Waals surface area (Å²) in [5, 5.41) is 9.81. The van der Waals surface area contributed by atoms with Crippen LogP contribution >= 0.6 is 0 Å². The lowest BCUT2D eigenvalue weighted by molar-refractivity contribution is -0.192. The van der Waals surface area contributed by atoms with Gasteiger partial charge in [0.25, 0.3) is 5.91 Å². The van der Waals surface area contributed by atoms with Gasteiger partial charge >= 0.3 is 0 Å². The number of carbonyl (C=O) groups is 1. The summed E-state index contributed by atoms with van der Waals surface area (Å²) in [7, 11) is 1.81. The molecule has 0 radical (unpaired) electrons. The van der Waals surface area contributed by atoms with E-state index in [1.807, 2.05) is 14.0 Å². The molecule has 1 amide bonds. The predicted octanol–water partition coefficient (Wildman–Crippen LogP) is 2.21. The molecular formula is C16H22N2O3. The summed E-state index contributed by atoms with van der Waals surface area (Å²) in [6.45, 7) is 2.73. The number of ether oxygens (including phenoxy) is 1. The summed E-state index contributed by atoms with van der Waals surface area (Å²) in [6.07, 6.45) is 6.13. The molecule has 1 heterocycles. The summed E-state index contributed by atoms with van der Waals surface area (Å²) in [6, 6.07) is 3.31. The minimum Gasteiger partial charge on any atom is -0.505 e. The first-order valence-electron chi connectivity index (χ1n) is 7.63. The monoisotopic (exact) mass is 290 g/mol. The molecule has 2 fully saturated rings. The van der Waals surface area contributed by atoms with Crippen LogP contribution in [-0.2, 0) is 4.74 Å². The van der Waals surface area contributed by atoms with E-state index in [4.69, 9.17) is 4.74 Å². The maximum atomic E-state index is 12.6. The maximum Gasteiger partial charge on any atom is 0.276 e. The fraction of sp³-hybridized carbons (Fsp3) is 0.625. The predicted molar refractivity (Wildman–Crippen MR) is 78.1 cm³/mol. The number of rotatable bonds is 4. The van der Waals surface area contributed by atoms with Gasteiger partial charge in [0.15, 0.2) is 5.69 Å². The highest BCUT2D eigenvalue weighted by Gasteiger charge is 2.61. The van der Waals surface area contributed by atoms with Crippen molar-refractivity contribution in [3.63, 3.8) is 0 Å². The van der Waals surface area contributed by atoms with Crippen LogP contribution in [0, 0.1) is 5.41 Å². The molecule has 0 aromatic carbocycles. The first-order valence-corrected chi connectivity index (χ1v) is 7.63. The average Bonchev–Trinajstić information content (AvgIpc) is 2.40. The van der Waals surface area contributed by atoms with Crippen molar-refractivity contribution in [3.8, 4) is 5.75 Å². The fourth-order valence-electron chi connectivity index (χ4n) is 3.82. The highest BCUT2D eigenvalue weighted by molar-refractivity contribution is 5.95. The van der Waals surface area contributed by atoms with Crippen LogP contribution in [0.5, 0.6) is 5.75 Å². The molecule has 114 valence electrons. The topological polar surface area (TPSA) is 62.7 Å². The minimum atomic E-state index is -0.209. The number of amides is 1. The summed E-state index contributed by atoms with van der Waals surface area (Å²) >= 11 is 0. The van der Waals surface area contributed by atoms with Crippen LogP contribution in [0.15, 0.2) is 18.3 Å². The number of carbonyl (C=O) groups excluding carboxylic acids is 1. The molecule has 0 unspecified atom stereocenters. The van der Waals surface area contributed by atoms with Gasteiger partial charge in [0.2, 0.25) is 0 Å². The van der Waals surface area contributed by atoms with Gasteiger partial charge in [-0.05, 0) is 38.3 Å². The number of hydrogen-bond acceptors (Lipinski definition) is 4. The van der Waals surface area contributed by atoms with Crippen molar-refractivity contribution in [1.82, 2.24) is 9.88 Å². The molecule has 1 aromatic heterocycles. The maximum absolute atomic E-state index is 12.6. The Morgan fingerprint density at radius 1 is 1.57 bits per heavy atom. The Hall–Kier alpha value is -1.62. The first kappa shape index (κ1) is 14.3. The highest BCUT2D eigenvalue weighted by Crippen LogP contribution is 2.59. The van der Waals surface area contributed by atoms with Crippen LogP contribution in [0.25, 0.3) is 0 Å². The van der Waals surface area contributed by atoms with E-state index in [1.165, 1.54) is 18.7 Å². The van der Waals surface area contributed by atoms with Gasteiger partial charge in [0, 0.05) is 31.3 Å². The zero-order valence-electron chi connectivity index (χ0n) is 12.6. The number of aromatic nitrogens is 1. The summed E-state index contributed by atoms with van der Waals surface area (Å²) in [5.74, 6) is -0.267. The molecule has 3 rings (SSSR count). The third-order valence-electron chi connectivity index (χ3n) is 5.17. The molecule has 0 aliphatic heterocycles. The van der Waals surface area contributed by atoms with Gasteiger partial charge in [-0.1, -0.05) is 6.42 Å². The summed E-state index contributed by atoms with van der Waals surface area (Å²) < 4.78 is 5.82. The standard InChI is InChI=1S/C16H22N2O3/c1-3-21-13-10-12(16(13)7-5-8-16)18(2)15(20)14-11(19)6-4-9-17-14/h4,6,9,12-13,19H,3,5,7-8,10H2,1-2H3/t12-,13-/m1/s1. The van der Waals surface area contributed by atoms with E-state index in [9.17, 15) is 9.90 Å². The number of pyridine rings is 1.